The van der Waals surface area contributed by atoms with Gasteiger partial charge in [-0.3, -0.25) is 9.59 Å². The fourth-order valence-electron chi connectivity index (χ4n) is 1.36. The van der Waals surface area contributed by atoms with Crippen LogP contribution in [-0.2, 0) is 25.8 Å². The quantitative estimate of drug-likeness (QED) is 0.736. The molecule has 0 bridgehead atoms. The number of aromatic nitrogens is 1. The fourth-order valence-corrected chi connectivity index (χ4v) is 2.68. The van der Waals surface area contributed by atoms with Crippen LogP contribution in [0.2, 0.25) is 0 Å². The fraction of sp³-hybridized carbons (Fsp3) is 0.545. The van der Waals surface area contributed by atoms with Gasteiger partial charge in [0.25, 0.3) is 0 Å². The van der Waals surface area contributed by atoms with E-state index in [9.17, 15) is 18.0 Å². The van der Waals surface area contributed by atoms with Crippen LogP contribution in [0.1, 0.15) is 25.0 Å². The Morgan fingerprint density at radius 1 is 1.40 bits per heavy atom. The van der Waals surface area contributed by atoms with E-state index in [2.05, 4.69) is 10.3 Å². The highest BCUT2D eigenvalue weighted by Gasteiger charge is 2.10. The third-order valence-corrected chi connectivity index (χ3v) is 4.07. The van der Waals surface area contributed by atoms with E-state index in [-0.39, 0.29) is 18.6 Å². The summed E-state index contributed by atoms with van der Waals surface area (Å²) in [6.45, 7) is 0. The van der Waals surface area contributed by atoms with Crippen LogP contribution in [-0.4, -0.2) is 42.4 Å². The number of aliphatic carboxylic acids is 1. The Morgan fingerprint density at radius 2 is 2.10 bits per heavy atom. The zero-order valence-corrected chi connectivity index (χ0v) is 12.6. The SMILES string of the molecule is CS(=O)(=O)CCC(=O)Nc1nc(CCCC(=O)O)cs1. The van der Waals surface area contributed by atoms with Crippen molar-refractivity contribution < 1.29 is 23.1 Å². The monoisotopic (exact) mass is 320 g/mol. The average molecular weight is 320 g/mol. The molecule has 1 rings (SSSR count). The molecule has 7 nitrogen and oxygen atoms in total. The molecule has 20 heavy (non-hydrogen) atoms. The molecule has 112 valence electrons. The summed E-state index contributed by atoms with van der Waals surface area (Å²) in [6, 6.07) is 0. The molecule has 0 saturated heterocycles. The van der Waals surface area contributed by atoms with Crippen molar-refractivity contribution in [2.24, 2.45) is 0 Å². The number of sulfone groups is 1. The number of carbonyl (C=O) groups is 2. The maximum atomic E-state index is 11.5. The highest BCUT2D eigenvalue weighted by Crippen LogP contribution is 2.17. The minimum atomic E-state index is -3.16. The first-order valence-electron chi connectivity index (χ1n) is 5.90. The van der Waals surface area contributed by atoms with Crippen molar-refractivity contribution >= 4 is 38.2 Å². The summed E-state index contributed by atoms with van der Waals surface area (Å²) in [5.41, 5.74) is 0.717. The second kappa shape index (κ2) is 7.34. The number of rotatable bonds is 8. The van der Waals surface area contributed by atoms with Crippen LogP contribution in [0.3, 0.4) is 0 Å². The van der Waals surface area contributed by atoms with Gasteiger partial charge in [-0.05, 0) is 12.8 Å². The Bertz CT molecular complexity index is 579. The van der Waals surface area contributed by atoms with Gasteiger partial charge in [0, 0.05) is 24.5 Å². The van der Waals surface area contributed by atoms with Crippen LogP contribution >= 0.6 is 11.3 Å². The highest BCUT2D eigenvalue weighted by molar-refractivity contribution is 7.90. The molecule has 0 aliphatic rings. The van der Waals surface area contributed by atoms with E-state index < -0.39 is 21.7 Å². The van der Waals surface area contributed by atoms with Gasteiger partial charge in [0.1, 0.15) is 9.84 Å². The first-order chi connectivity index (χ1) is 9.26. The van der Waals surface area contributed by atoms with E-state index in [1.54, 1.807) is 5.38 Å². The van der Waals surface area contributed by atoms with Gasteiger partial charge in [-0.15, -0.1) is 11.3 Å². The summed E-state index contributed by atoms with van der Waals surface area (Å²) in [5, 5.41) is 13.2. The van der Waals surface area contributed by atoms with Crippen LogP contribution in [0, 0.1) is 0 Å². The van der Waals surface area contributed by atoms with Gasteiger partial charge >= 0.3 is 5.97 Å². The number of carbonyl (C=O) groups excluding carboxylic acids is 1. The van der Waals surface area contributed by atoms with E-state index in [4.69, 9.17) is 5.11 Å². The summed E-state index contributed by atoms with van der Waals surface area (Å²) in [5.74, 6) is -1.45. The summed E-state index contributed by atoms with van der Waals surface area (Å²) in [7, 11) is -3.16. The van der Waals surface area contributed by atoms with Crippen LogP contribution in [0.15, 0.2) is 5.38 Å². The van der Waals surface area contributed by atoms with Crippen molar-refractivity contribution in [3.63, 3.8) is 0 Å². The summed E-state index contributed by atoms with van der Waals surface area (Å²) >= 11 is 1.23. The third-order valence-electron chi connectivity index (χ3n) is 2.32. The van der Waals surface area contributed by atoms with E-state index in [1.807, 2.05) is 0 Å². The van der Waals surface area contributed by atoms with Gasteiger partial charge in [0.2, 0.25) is 5.91 Å². The van der Waals surface area contributed by atoms with Gasteiger partial charge in [0.15, 0.2) is 5.13 Å². The molecule has 0 atom stereocenters. The normalized spacial score (nSPS) is 11.2. The molecular weight excluding hydrogens is 304 g/mol. The number of hydrogen-bond donors (Lipinski definition) is 2. The van der Waals surface area contributed by atoms with Crippen molar-refractivity contribution in [3.8, 4) is 0 Å². The first-order valence-corrected chi connectivity index (χ1v) is 8.84. The Kier molecular flexibility index (Phi) is 6.08. The number of nitrogens with zero attached hydrogens (tertiary/aromatic N) is 1. The van der Waals surface area contributed by atoms with Crippen molar-refractivity contribution in [2.45, 2.75) is 25.7 Å². The number of amides is 1. The number of carboxylic acid groups (broad SMARTS) is 1. The molecule has 0 radical (unpaired) electrons. The molecule has 0 fully saturated rings. The average Bonchev–Trinajstić information content (AvgIpc) is 2.73. The zero-order chi connectivity index (χ0) is 15.2. The molecule has 0 aliphatic carbocycles. The number of hydrogen-bond acceptors (Lipinski definition) is 6. The van der Waals surface area contributed by atoms with Crippen molar-refractivity contribution in [2.75, 3.05) is 17.3 Å². The predicted octanol–water partition coefficient (Wildman–Crippen LogP) is 0.924. The largest absolute Gasteiger partial charge is 0.481 e. The van der Waals surface area contributed by atoms with E-state index in [1.165, 1.54) is 11.3 Å². The van der Waals surface area contributed by atoms with Gasteiger partial charge in [0.05, 0.1) is 11.4 Å². The van der Waals surface area contributed by atoms with Gasteiger partial charge in [-0.2, -0.15) is 0 Å². The predicted molar refractivity (Wildman–Crippen MR) is 75.6 cm³/mol. The van der Waals surface area contributed by atoms with Crippen LogP contribution in [0.5, 0.6) is 0 Å². The lowest BCUT2D eigenvalue weighted by molar-refractivity contribution is -0.137. The first kappa shape index (κ1) is 16.6. The minimum absolute atomic E-state index is 0.0770. The van der Waals surface area contributed by atoms with E-state index in [0.717, 1.165) is 11.9 Å². The molecule has 0 aromatic carbocycles. The highest BCUT2D eigenvalue weighted by atomic mass is 32.2. The van der Waals surface area contributed by atoms with Gasteiger partial charge in [-0.25, -0.2) is 13.4 Å². The maximum absolute atomic E-state index is 11.5. The number of nitrogens with one attached hydrogen (secondary N) is 1. The minimum Gasteiger partial charge on any atom is -0.481 e. The molecule has 1 aromatic heterocycles. The van der Waals surface area contributed by atoms with Crippen LogP contribution in [0.4, 0.5) is 5.13 Å². The summed E-state index contributed by atoms with van der Waals surface area (Å²) < 4.78 is 21.8. The van der Waals surface area contributed by atoms with Crippen molar-refractivity contribution in [3.05, 3.63) is 11.1 Å². The molecule has 0 saturated carbocycles. The Hall–Kier alpha value is -1.48. The molecular formula is C11H16N2O5S2. The lowest BCUT2D eigenvalue weighted by Gasteiger charge is -2.00. The molecule has 0 spiro atoms. The van der Waals surface area contributed by atoms with E-state index >= 15 is 0 Å². The standard InChI is InChI=1S/C11H16N2O5S2/c1-20(17,18)6-5-9(14)13-11-12-8(7-19-11)3-2-4-10(15)16/h7H,2-6H2,1H3,(H,15,16)(H,12,13,14). The Labute approximate surface area is 121 Å². The molecule has 2 N–H and O–H groups in total. The molecule has 0 unspecified atom stereocenters. The van der Waals surface area contributed by atoms with Crippen LogP contribution in [0.25, 0.3) is 0 Å². The van der Waals surface area contributed by atoms with Crippen molar-refractivity contribution in [1.82, 2.24) is 4.98 Å². The third kappa shape index (κ3) is 7.19. The van der Waals surface area contributed by atoms with Gasteiger partial charge in [-0.1, -0.05) is 0 Å². The lowest BCUT2D eigenvalue weighted by atomic mass is 10.2. The van der Waals surface area contributed by atoms with E-state index in [0.29, 0.717) is 18.0 Å². The molecule has 0 aliphatic heterocycles. The smallest absolute Gasteiger partial charge is 0.303 e. The molecule has 1 amide bonds. The molecule has 9 heteroatoms. The lowest BCUT2D eigenvalue weighted by Crippen LogP contribution is -2.16. The zero-order valence-electron chi connectivity index (χ0n) is 11.0. The van der Waals surface area contributed by atoms with Crippen molar-refractivity contribution in [1.29, 1.82) is 0 Å². The number of anilines is 1. The number of thiazole rings is 1. The Morgan fingerprint density at radius 3 is 2.70 bits per heavy atom. The summed E-state index contributed by atoms with van der Waals surface area (Å²) in [6.07, 6.45) is 2.06. The number of carboxylic acids is 1. The second-order valence-electron chi connectivity index (χ2n) is 4.32. The second-order valence-corrected chi connectivity index (χ2v) is 7.44. The topological polar surface area (TPSA) is 113 Å². The van der Waals surface area contributed by atoms with Gasteiger partial charge < -0.3 is 10.4 Å². The number of aryl methyl sites for hydroxylation is 1. The summed E-state index contributed by atoms with van der Waals surface area (Å²) in [4.78, 5) is 26.0. The van der Waals surface area contributed by atoms with Crippen LogP contribution < -0.4 is 5.32 Å². The molecule has 1 aromatic rings. The maximum Gasteiger partial charge on any atom is 0.303 e. The molecule has 1 heterocycles. The Balaban J connectivity index is 2.39.